The maximum atomic E-state index is 2.37. The fourth-order valence-corrected chi connectivity index (χ4v) is 5.22. The molecule has 0 unspecified atom stereocenters. The molecular weight excluding hydrogens is 386 g/mol. The lowest BCUT2D eigenvalue weighted by atomic mass is 9.96. The molecule has 1 heterocycles. The standard InChI is InChI=1S/C29H19N.C2H6/c1-30-26-12-10-22-14-18-6-2-4-8-20(18)16-24(22)28(26)29-25-17-21-9-5-3-7-19(21)15-23(25)11-13-27(29)30;1-2/h2-17H,1H3;1-2H3. The van der Waals surface area contributed by atoms with Gasteiger partial charge in [-0.05, 0) is 79.5 Å². The van der Waals surface area contributed by atoms with Gasteiger partial charge in [0.05, 0.1) is 0 Å². The highest BCUT2D eigenvalue weighted by molar-refractivity contribution is 6.29. The van der Waals surface area contributed by atoms with Crippen LogP contribution in [0.4, 0.5) is 0 Å². The molecule has 0 aliphatic rings. The Morgan fingerprint density at radius 3 is 1.22 bits per heavy atom. The number of fused-ring (bicyclic) bond motifs is 9. The van der Waals surface area contributed by atoms with E-state index in [1.54, 1.807) is 0 Å². The number of aromatic nitrogens is 1. The topological polar surface area (TPSA) is 4.93 Å². The van der Waals surface area contributed by atoms with Crippen LogP contribution in [0.2, 0.25) is 0 Å². The number of nitrogens with zero attached hydrogens (tertiary/aromatic N) is 1. The van der Waals surface area contributed by atoms with Gasteiger partial charge in [0.15, 0.2) is 0 Å². The molecule has 1 nitrogen and oxygen atoms in total. The van der Waals surface area contributed by atoms with E-state index in [0.717, 1.165) is 0 Å². The van der Waals surface area contributed by atoms with Crippen molar-refractivity contribution in [3.05, 3.63) is 97.1 Å². The Morgan fingerprint density at radius 1 is 0.438 bits per heavy atom. The molecule has 0 radical (unpaired) electrons. The third-order valence-electron chi connectivity index (χ3n) is 6.70. The first-order chi connectivity index (χ1) is 15.8. The molecule has 0 bridgehead atoms. The lowest BCUT2D eigenvalue weighted by Gasteiger charge is -2.07. The van der Waals surface area contributed by atoms with E-state index in [4.69, 9.17) is 0 Å². The van der Waals surface area contributed by atoms with E-state index >= 15 is 0 Å². The summed E-state index contributed by atoms with van der Waals surface area (Å²) in [5.74, 6) is 0. The van der Waals surface area contributed by atoms with Crippen molar-refractivity contribution in [2.45, 2.75) is 13.8 Å². The van der Waals surface area contributed by atoms with Gasteiger partial charge in [-0.1, -0.05) is 74.5 Å². The molecule has 0 spiro atoms. The van der Waals surface area contributed by atoms with Gasteiger partial charge in [0.1, 0.15) is 0 Å². The minimum absolute atomic E-state index is 1.29. The fraction of sp³-hybridized carbons (Fsp3) is 0.0968. The molecular formula is C31H25N. The van der Waals surface area contributed by atoms with Crippen molar-refractivity contribution in [3.8, 4) is 0 Å². The Kier molecular flexibility index (Phi) is 4.19. The van der Waals surface area contributed by atoms with Crippen molar-refractivity contribution >= 4 is 64.9 Å². The van der Waals surface area contributed by atoms with Crippen molar-refractivity contribution < 1.29 is 0 Å². The van der Waals surface area contributed by atoms with E-state index in [-0.39, 0.29) is 0 Å². The summed E-state index contributed by atoms with van der Waals surface area (Å²) < 4.78 is 2.34. The minimum Gasteiger partial charge on any atom is -0.344 e. The molecule has 0 amide bonds. The zero-order valence-corrected chi connectivity index (χ0v) is 18.7. The zero-order valence-electron chi connectivity index (χ0n) is 18.7. The minimum atomic E-state index is 1.29. The maximum absolute atomic E-state index is 2.37. The Balaban J connectivity index is 0.000000953. The van der Waals surface area contributed by atoms with Gasteiger partial charge in [0, 0.05) is 28.9 Å². The summed E-state index contributed by atoms with van der Waals surface area (Å²) in [6.07, 6.45) is 0. The predicted octanol–water partition coefficient (Wildman–Crippen LogP) is 8.97. The molecule has 32 heavy (non-hydrogen) atoms. The van der Waals surface area contributed by atoms with Gasteiger partial charge in [-0.3, -0.25) is 0 Å². The Morgan fingerprint density at radius 2 is 0.812 bits per heavy atom. The second-order valence-electron chi connectivity index (χ2n) is 8.32. The van der Waals surface area contributed by atoms with Gasteiger partial charge >= 0.3 is 0 Å². The van der Waals surface area contributed by atoms with Crippen LogP contribution in [0.1, 0.15) is 13.8 Å². The predicted molar refractivity (Wildman–Crippen MR) is 142 cm³/mol. The molecule has 1 aromatic heterocycles. The quantitative estimate of drug-likeness (QED) is 0.219. The smallest absolute Gasteiger partial charge is 0.0495 e. The lowest BCUT2D eigenvalue weighted by Crippen LogP contribution is -1.86. The summed E-state index contributed by atoms with van der Waals surface area (Å²) in [6, 6.07) is 35.8. The summed E-state index contributed by atoms with van der Waals surface area (Å²) in [5.41, 5.74) is 2.57. The molecule has 154 valence electrons. The molecule has 0 aliphatic heterocycles. The van der Waals surface area contributed by atoms with E-state index in [9.17, 15) is 0 Å². The lowest BCUT2D eigenvalue weighted by molar-refractivity contribution is 1.02. The molecule has 6 aromatic carbocycles. The molecule has 0 saturated heterocycles. The molecule has 0 atom stereocenters. The van der Waals surface area contributed by atoms with Gasteiger partial charge < -0.3 is 4.57 Å². The van der Waals surface area contributed by atoms with Crippen LogP contribution in [0.15, 0.2) is 97.1 Å². The summed E-state index contributed by atoms with van der Waals surface area (Å²) in [5, 5.41) is 13.1. The Labute approximate surface area is 187 Å². The van der Waals surface area contributed by atoms with Crippen LogP contribution in [-0.4, -0.2) is 4.57 Å². The van der Waals surface area contributed by atoms with E-state index in [1.807, 2.05) is 13.8 Å². The average molecular weight is 412 g/mol. The van der Waals surface area contributed by atoms with Crippen LogP contribution in [0.3, 0.4) is 0 Å². The maximum Gasteiger partial charge on any atom is 0.0495 e. The molecule has 0 fully saturated rings. The van der Waals surface area contributed by atoms with Crippen molar-refractivity contribution in [1.29, 1.82) is 0 Å². The first-order valence-electron chi connectivity index (χ1n) is 11.4. The molecule has 0 saturated carbocycles. The molecule has 7 aromatic rings. The van der Waals surface area contributed by atoms with Crippen LogP contribution in [-0.2, 0) is 7.05 Å². The third kappa shape index (κ3) is 2.58. The monoisotopic (exact) mass is 411 g/mol. The SMILES string of the molecule is CC.Cn1c2ccc3cc4ccccc4cc3c2c2c3cc4ccccc4cc3ccc21. The molecule has 0 aliphatic carbocycles. The van der Waals surface area contributed by atoms with E-state index in [2.05, 4.69) is 109 Å². The van der Waals surface area contributed by atoms with Crippen molar-refractivity contribution in [2.75, 3.05) is 0 Å². The molecule has 1 heteroatoms. The van der Waals surface area contributed by atoms with Crippen molar-refractivity contribution in [3.63, 3.8) is 0 Å². The molecule has 7 rings (SSSR count). The van der Waals surface area contributed by atoms with Gasteiger partial charge in [0.2, 0.25) is 0 Å². The van der Waals surface area contributed by atoms with Gasteiger partial charge in [0.25, 0.3) is 0 Å². The summed E-state index contributed by atoms with van der Waals surface area (Å²) >= 11 is 0. The highest BCUT2D eigenvalue weighted by Crippen LogP contribution is 2.40. The van der Waals surface area contributed by atoms with Crippen LogP contribution >= 0.6 is 0 Å². The number of rotatable bonds is 0. The average Bonchev–Trinajstić information content (AvgIpc) is 3.15. The first-order valence-corrected chi connectivity index (χ1v) is 11.4. The Bertz CT molecular complexity index is 1670. The molecule has 0 N–H and O–H groups in total. The van der Waals surface area contributed by atoms with E-state index in [0.29, 0.717) is 0 Å². The van der Waals surface area contributed by atoms with Crippen molar-refractivity contribution in [2.24, 2.45) is 7.05 Å². The highest BCUT2D eigenvalue weighted by Gasteiger charge is 2.15. The normalized spacial score (nSPS) is 11.6. The first kappa shape index (κ1) is 18.9. The van der Waals surface area contributed by atoms with Crippen molar-refractivity contribution in [1.82, 2.24) is 4.57 Å². The van der Waals surface area contributed by atoms with Crippen LogP contribution in [0.25, 0.3) is 64.9 Å². The second-order valence-corrected chi connectivity index (χ2v) is 8.32. The number of hydrogen-bond donors (Lipinski definition) is 0. The Hall–Kier alpha value is -3.84. The van der Waals surface area contributed by atoms with Crippen LogP contribution in [0, 0.1) is 0 Å². The van der Waals surface area contributed by atoms with Gasteiger partial charge in [-0.15, -0.1) is 0 Å². The van der Waals surface area contributed by atoms with Crippen LogP contribution < -0.4 is 0 Å². The fourth-order valence-electron chi connectivity index (χ4n) is 5.22. The highest BCUT2D eigenvalue weighted by atomic mass is 14.9. The van der Waals surface area contributed by atoms with E-state index in [1.165, 1.54) is 64.9 Å². The summed E-state index contributed by atoms with van der Waals surface area (Å²) in [6.45, 7) is 4.00. The summed E-state index contributed by atoms with van der Waals surface area (Å²) in [7, 11) is 2.18. The number of aryl methyl sites for hydroxylation is 1. The summed E-state index contributed by atoms with van der Waals surface area (Å²) in [4.78, 5) is 0. The third-order valence-corrected chi connectivity index (χ3v) is 6.70. The zero-order chi connectivity index (χ0) is 21.8. The number of hydrogen-bond acceptors (Lipinski definition) is 0. The number of benzene rings is 6. The van der Waals surface area contributed by atoms with Gasteiger partial charge in [-0.2, -0.15) is 0 Å². The van der Waals surface area contributed by atoms with Gasteiger partial charge in [-0.25, -0.2) is 0 Å². The van der Waals surface area contributed by atoms with E-state index < -0.39 is 0 Å². The van der Waals surface area contributed by atoms with Crippen LogP contribution in [0.5, 0.6) is 0 Å². The largest absolute Gasteiger partial charge is 0.344 e. The second kappa shape index (κ2) is 7.10.